The highest BCUT2D eigenvalue weighted by atomic mass is 32.2. The summed E-state index contributed by atoms with van der Waals surface area (Å²) in [6.45, 7) is 4.53. The van der Waals surface area contributed by atoms with E-state index in [0.717, 1.165) is 36.0 Å². The number of nitrogens with zero attached hydrogens (tertiary/aromatic N) is 1. The summed E-state index contributed by atoms with van der Waals surface area (Å²) in [5, 5.41) is 3.02. The van der Waals surface area contributed by atoms with Crippen LogP contribution in [0.4, 0.5) is 0 Å². The predicted octanol–water partition coefficient (Wildman–Crippen LogP) is 3.67. The molecule has 1 fully saturated rings. The molecule has 0 spiro atoms. The lowest BCUT2D eigenvalue weighted by molar-refractivity contribution is -0.129. The first-order chi connectivity index (χ1) is 15.7. The van der Waals surface area contributed by atoms with Crippen molar-refractivity contribution in [2.45, 2.75) is 50.1 Å². The Morgan fingerprint density at radius 1 is 1.15 bits per heavy atom. The lowest BCUT2D eigenvalue weighted by atomic mass is 9.92. The minimum atomic E-state index is -3.28. The Kier molecular flexibility index (Phi) is 7.79. The summed E-state index contributed by atoms with van der Waals surface area (Å²) in [5.41, 5.74) is 1.70. The van der Waals surface area contributed by atoms with E-state index in [9.17, 15) is 18.0 Å². The van der Waals surface area contributed by atoms with Gasteiger partial charge in [-0.1, -0.05) is 37.6 Å². The molecule has 8 heteroatoms. The highest BCUT2D eigenvalue weighted by Crippen LogP contribution is 2.39. The summed E-state index contributed by atoms with van der Waals surface area (Å²) in [6, 6.07) is 13.3. The van der Waals surface area contributed by atoms with Gasteiger partial charge in [-0.15, -0.1) is 0 Å². The highest BCUT2D eigenvalue weighted by Gasteiger charge is 2.44. The molecule has 0 aliphatic carbocycles. The molecule has 1 saturated heterocycles. The van der Waals surface area contributed by atoms with Gasteiger partial charge < -0.3 is 15.0 Å². The van der Waals surface area contributed by atoms with E-state index >= 15 is 0 Å². The van der Waals surface area contributed by atoms with Crippen molar-refractivity contribution in [1.29, 1.82) is 0 Å². The zero-order valence-electron chi connectivity index (χ0n) is 19.6. The number of nitrogens with one attached hydrogen (secondary N) is 1. The first-order valence-corrected chi connectivity index (χ1v) is 13.1. The zero-order valence-corrected chi connectivity index (χ0v) is 20.4. The molecular weight excluding hydrogens is 440 g/mol. The summed E-state index contributed by atoms with van der Waals surface area (Å²) < 4.78 is 28.7. The predicted molar refractivity (Wildman–Crippen MR) is 127 cm³/mol. The molecule has 178 valence electrons. The van der Waals surface area contributed by atoms with E-state index in [1.807, 2.05) is 36.1 Å². The Labute approximate surface area is 196 Å². The van der Waals surface area contributed by atoms with Gasteiger partial charge in [0.2, 0.25) is 11.8 Å². The number of benzene rings is 2. The SMILES string of the molecule is CCCCN1C(=O)CC(C(=O)NC(C)c2ccc(S(C)(=O)=O)cc2)C1c1ccc(OC)cc1. The second-order valence-corrected chi connectivity index (χ2v) is 10.6. The molecule has 7 nitrogen and oxygen atoms in total. The first-order valence-electron chi connectivity index (χ1n) is 11.2. The van der Waals surface area contributed by atoms with Gasteiger partial charge in [0, 0.05) is 19.2 Å². The number of hydrogen-bond donors (Lipinski definition) is 1. The second kappa shape index (κ2) is 10.4. The molecule has 2 amide bonds. The van der Waals surface area contributed by atoms with Gasteiger partial charge in [0.1, 0.15) is 5.75 Å². The Morgan fingerprint density at radius 3 is 2.33 bits per heavy atom. The van der Waals surface area contributed by atoms with Gasteiger partial charge >= 0.3 is 0 Å². The van der Waals surface area contributed by atoms with Crippen LogP contribution in [0.2, 0.25) is 0 Å². The van der Waals surface area contributed by atoms with Crippen molar-refractivity contribution < 1.29 is 22.7 Å². The van der Waals surface area contributed by atoms with E-state index in [0.29, 0.717) is 6.54 Å². The van der Waals surface area contributed by atoms with Crippen LogP contribution in [0.1, 0.15) is 56.3 Å². The first kappa shape index (κ1) is 24.8. The largest absolute Gasteiger partial charge is 0.497 e. The average Bonchev–Trinajstić information content (AvgIpc) is 3.13. The third-order valence-corrected chi connectivity index (χ3v) is 7.27. The number of unbranched alkanes of at least 4 members (excludes halogenated alkanes) is 1. The topological polar surface area (TPSA) is 92.8 Å². The van der Waals surface area contributed by atoms with Gasteiger partial charge in [0.15, 0.2) is 9.84 Å². The van der Waals surface area contributed by atoms with Gasteiger partial charge in [-0.3, -0.25) is 9.59 Å². The van der Waals surface area contributed by atoms with E-state index in [-0.39, 0.29) is 35.2 Å². The standard InChI is InChI=1S/C25H32N2O5S/c1-5-6-15-27-23(28)16-22(24(27)19-7-11-20(32-3)12-8-19)25(29)26-17(2)18-9-13-21(14-10-18)33(4,30)31/h7-14,17,22,24H,5-6,15-16H2,1-4H3,(H,26,29). The average molecular weight is 473 g/mol. The van der Waals surface area contributed by atoms with Gasteiger partial charge in [0.25, 0.3) is 0 Å². The molecule has 0 bridgehead atoms. The maximum absolute atomic E-state index is 13.3. The Morgan fingerprint density at radius 2 is 1.79 bits per heavy atom. The summed E-state index contributed by atoms with van der Waals surface area (Å²) in [6.07, 6.45) is 3.15. The molecule has 33 heavy (non-hydrogen) atoms. The summed E-state index contributed by atoms with van der Waals surface area (Å²) in [5.74, 6) is -0.00623. The number of amides is 2. The molecule has 0 aromatic heterocycles. The number of ether oxygens (including phenoxy) is 1. The van der Waals surface area contributed by atoms with Crippen molar-refractivity contribution in [2.75, 3.05) is 19.9 Å². The number of hydrogen-bond acceptors (Lipinski definition) is 5. The fraction of sp³-hybridized carbons (Fsp3) is 0.440. The number of rotatable bonds is 9. The van der Waals surface area contributed by atoms with Gasteiger partial charge in [0.05, 0.1) is 30.0 Å². The summed E-state index contributed by atoms with van der Waals surface area (Å²) in [4.78, 5) is 28.2. The molecular formula is C25H32N2O5S. The third kappa shape index (κ3) is 5.74. The lowest BCUT2D eigenvalue weighted by Gasteiger charge is -2.29. The minimum absolute atomic E-state index is 0.0189. The van der Waals surface area contributed by atoms with Gasteiger partial charge in [-0.2, -0.15) is 0 Å². The molecule has 2 aromatic carbocycles. The smallest absolute Gasteiger partial charge is 0.226 e. The molecule has 0 saturated carbocycles. The number of likely N-dealkylation sites (tertiary alicyclic amines) is 1. The third-order valence-electron chi connectivity index (χ3n) is 6.15. The van der Waals surface area contributed by atoms with Crippen LogP contribution >= 0.6 is 0 Å². The highest BCUT2D eigenvalue weighted by molar-refractivity contribution is 7.90. The van der Waals surface area contributed by atoms with E-state index in [1.165, 1.54) is 0 Å². The van der Waals surface area contributed by atoms with Crippen LogP contribution in [-0.4, -0.2) is 45.0 Å². The fourth-order valence-corrected chi connectivity index (χ4v) is 4.87. The zero-order chi connectivity index (χ0) is 24.2. The van der Waals surface area contributed by atoms with E-state index in [2.05, 4.69) is 12.2 Å². The molecule has 1 N–H and O–H groups in total. The summed E-state index contributed by atoms with van der Waals surface area (Å²) in [7, 11) is -1.68. The second-order valence-electron chi connectivity index (χ2n) is 8.54. The normalized spacial score (nSPS) is 19.4. The quantitative estimate of drug-likeness (QED) is 0.601. The molecule has 1 heterocycles. The number of sulfone groups is 1. The molecule has 1 aliphatic heterocycles. The van der Waals surface area contributed by atoms with Crippen molar-refractivity contribution in [3.05, 3.63) is 59.7 Å². The van der Waals surface area contributed by atoms with Crippen LogP contribution in [0.3, 0.4) is 0 Å². The number of carbonyl (C=O) groups is 2. The van der Waals surface area contributed by atoms with Crippen LogP contribution < -0.4 is 10.1 Å². The van der Waals surface area contributed by atoms with Crippen molar-refractivity contribution in [3.8, 4) is 5.75 Å². The number of methoxy groups -OCH3 is 1. The van der Waals surface area contributed by atoms with E-state index in [4.69, 9.17) is 4.74 Å². The van der Waals surface area contributed by atoms with Gasteiger partial charge in [-0.25, -0.2) is 8.42 Å². The van der Waals surface area contributed by atoms with Crippen molar-refractivity contribution in [2.24, 2.45) is 5.92 Å². The van der Waals surface area contributed by atoms with Crippen molar-refractivity contribution >= 4 is 21.7 Å². The van der Waals surface area contributed by atoms with Crippen LogP contribution in [0, 0.1) is 5.92 Å². The van der Waals surface area contributed by atoms with E-state index in [1.54, 1.807) is 31.4 Å². The summed E-state index contributed by atoms with van der Waals surface area (Å²) >= 11 is 0. The fourth-order valence-electron chi connectivity index (χ4n) is 4.24. The molecule has 1 aliphatic rings. The molecule has 3 rings (SSSR count). The maximum atomic E-state index is 13.3. The van der Waals surface area contributed by atoms with E-state index < -0.39 is 15.8 Å². The molecule has 2 aromatic rings. The Balaban J connectivity index is 1.82. The van der Waals surface area contributed by atoms with Crippen molar-refractivity contribution in [3.63, 3.8) is 0 Å². The maximum Gasteiger partial charge on any atom is 0.226 e. The molecule has 3 unspecified atom stereocenters. The van der Waals surface area contributed by atoms with Crippen molar-refractivity contribution in [1.82, 2.24) is 10.2 Å². The van der Waals surface area contributed by atoms with Crippen LogP contribution in [0.15, 0.2) is 53.4 Å². The van der Waals surface area contributed by atoms with Crippen LogP contribution in [-0.2, 0) is 19.4 Å². The molecule has 3 atom stereocenters. The Bertz CT molecular complexity index is 1080. The van der Waals surface area contributed by atoms with Gasteiger partial charge in [-0.05, 0) is 48.7 Å². The van der Waals surface area contributed by atoms with Crippen LogP contribution in [0.5, 0.6) is 5.75 Å². The number of carbonyl (C=O) groups excluding carboxylic acids is 2. The molecule has 0 radical (unpaired) electrons. The lowest BCUT2D eigenvalue weighted by Crippen LogP contribution is -2.37. The Hall–Kier alpha value is -2.87. The van der Waals surface area contributed by atoms with Crippen LogP contribution in [0.25, 0.3) is 0 Å². The monoisotopic (exact) mass is 472 g/mol. The minimum Gasteiger partial charge on any atom is -0.497 e.